The summed E-state index contributed by atoms with van der Waals surface area (Å²) >= 11 is 7.83. The molecule has 6 heteroatoms. The number of hydrogen-bond donors (Lipinski definition) is 1. The van der Waals surface area contributed by atoms with Gasteiger partial charge in [0.15, 0.2) is 0 Å². The first-order chi connectivity index (χ1) is 9.10. The SMILES string of the molecule is CCCNc1ncc(C(=O)N(C)CCSC)cc1Cl. The normalized spacial score (nSPS) is 10.3. The van der Waals surface area contributed by atoms with E-state index in [1.807, 2.05) is 6.26 Å². The van der Waals surface area contributed by atoms with Gasteiger partial charge in [-0.3, -0.25) is 4.79 Å². The Morgan fingerprint density at radius 2 is 2.32 bits per heavy atom. The number of pyridine rings is 1. The molecule has 0 aliphatic carbocycles. The maximum absolute atomic E-state index is 12.1. The molecular formula is C13H20ClN3OS. The third kappa shape index (κ3) is 4.91. The van der Waals surface area contributed by atoms with Gasteiger partial charge >= 0.3 is 0 Å². The molecule has 1 rings (SSSR count). The molecule has 0 saturated carbocycles. The van der Waals surface area contributed by atoms with Gasteiger partial charge in [0.05, 0.1) is 10.6 Å². The molecule has 0 unspecified atom stereocenters. The molecule has 19 heavy (non-hydrogen) atoms. The van der Waals surface area contributed by atoms with Crippen LogP contribution in [0.1, 0.15) is 23.7 Å². The summed E-state index contributed by atoms with van der Waals surface area (Å²) in [4.78, 5) is 18.0. The Kier molecular flexibility index (Phi) is 7.02. The molecule has 0 aromatic carbocycles. The highest BCUT2D eigenvalue weighted by atomic mass is 35.5. The maximum atomic E-state index is 12.1. The monoisotopic (exact) mass is 301 g/mol. The van der Waals surface area contributed by atoms with Crippen LogP contribution < -0.4 is 5.32 Å². The number of anilines is 1. The number of thioether (sulfide) groups is 1. The summed E-state index contributed by atoms with van der Waals surface area (Å²) in [5.41, 5.74) is 0.524. The molecule has 1 N–H and O–H groups in total. The second kappa shape index (κ2) is 8.27. The van der Waals surface area contributed by atoms with Gasteiger partial charge in [0.2, 0.25) is 0 Å². The molecule has 1 aromatic heterocycles. The van der Waals surface area contributed by atoms with Gasteiger partial charge in [-0.2, -0.15) is 11.8 Å². The zero-order chi connectivity index (χ0) is 14.3. The van der Waals surface area contributed by atoms with E-state index >= 15 is 0 Å². The Hall–Kier alpha value is -0.940. The topological polar surface area (TPSA) is 45.2 Å². The lowest BCUT2D eigenvalue weighted by molar-refractivity contribution is 0.0803. The second-order valence-electron chi connectivity index (χ2n) is 4.20. The van der Waals surface area contributed by atoms with E-state index in [0.717, 1.165) is 18.7 Å². The van der Waals surface area contributed by atoms with Crippen LogP contribution in [0.3, 0.4) is 0 Å². The molecule has 1 aromatic rings. The zero-order valence-corrected chi connectivity index (χ0v) is 13.1. The van der Waals surface area contributed by atoms with Gasteiger partial charge in [0.25, 0.3) is 5.91 Å². The Morgan fingerprint density at radius 1 is 1.58 bits per heavy atom. The molecule has 1 amide bonds. The molecule has 0 spiro atoms. The molecule has 106 valence electrons. The van der Waals surface area contributed by atoms with Crippen LogP contribution in [-0.4, -0.2) is 47.9 Å². The zero-order valence-electron chi connectivity index (χ0n) is 11.6. The molecule has 0 bridgehead atoms. The number of nitrogens with one attached hydrogen (secondary N) is 1. The highest BCUT2D eigenvalue weighted by Gasteiger charge is 2.13. The van der Waals surface area contributed by atoms with Crippen LogP contribution in [0.25, 0.3) is 0 Å². The first kappa shape index (κ1) is 16.1. The van der Waals surface area contributed by atoms with E-state index in [-0.39, 0.29) is 5.91 Å². The summed E-state index contributed by atoms with van der Waals surface area (Å²) in [5.74, 6) is 1.50. The van der Waals surface area contributed by atoms with E-state index in [9.17, 15) is 4.79 Å². The number of halogens is 1. The predicted octanol–water partition coefficient (Wildman–Crippen LogP) is 2.99. The molecule has 0 aliphatic rings. The van der Waals surface area contributed by atoms with E-state index in [4.69, 9.17) is 11.6 Å². The van der Waals surface area contributed by atoms with Gasteiger partial charge in [-0.05, 0) is 18.7 Å². The van der Waals surface area contributed by atoms with Crippen molar-refractivity contribution in [3.05, 3.63) is 22.8 Å². The number of carbonyl (C=O) groups excluding carboxylic acids is 1. The van der Waals surface area contributed by atoms with E-state index in [1.165, 1.54) is 0 Å². The highest BCUT2D eigenvalue weighted by molar-refractivity contribution is 7.98. The van der Waals surface area contributed by atoms with Crippen LogP contribution in [0.15, 0.2) is 12.3 Å². The van der Waals surface area contributed by atoms with Gasteiger partial charge in [-0.15, -0.1) is 0 Å². The summed E-state index contributed by atoms with van der Waals surface area (Å²) in [6.45, 7) is 3.60. The van der Waals surface area contributed by atoms with E-state index in [1.54, 1.807) is 36.0 Å². The number of carbonyl (C=O) groups is 1. The average Bonchev–Trinajstić information content (AvgIpc) is 2.42. The third-order valence-corrected chi connectivity index (χ3v) is 3.49. The molecule has 0 fully saturated rings. The van der Waals surface area contributed by atoms with Crippen LogP contribution in [0.2, 0.25) is 5.02 Å². The Bertz CT molecular complexity index is 428. The first-order valence-electron chi connectivity index (χ1n) is 6.24. The molecule has 0 aliphatic heterocycles. The van der Waals surface area contributed by atoms with Gasteiger partial charge in [0.1, 0.15) is 5.82 Å². The second-order valence-corrected chi connectivity index (χ2v) is 5.59. The molecule has 1 heterocycles. The lowest BCUT2D eigenvalue weighted by Gasteiger charge is -2.17. The van der Waals surface area contributed by atoms with Gasteiger partial charge < -0.3 is 10.2 Å². The van der Waals surface area contributed by atoms with Gasteiger partial charge in [0, 0.05) is 32.1 Å². The fourth-order valence-electron chi connectivity index (χ4n) is 1.48. The molecule has 0 atom stereocenters. The lowest BCUT2D eigenvalue weighted by Crippen LogP contribution is -2.29. The molecular weight excluding hydrogens is 282 g/mol. The number of hydrogen-bond acceptors (Lipinski definition) is 4. The lowest BCUT2D eigenvalue weighted by atomic mass is 10.2. The summed E-state index contributed by atoms with van der Waals surface area (Å²) in [7, 11) is 1.79. The predicted molar refractivity (Wildman–Crippen MR) is 83.4 cm³/mol. The van der Waals surface area contributed by atoms with Crippen molar-refractivity contribution in [1.29, 1.82) is 0 Å². The van der Waals surface area contributed by atoms with Crippen LogP contribution >= 0.6 is 23.4 Å². The Morgan fingerprint density at radius 3 is 2.89 bits per heavy atom. The van der Waals surface area contributed by atoms with Crippen LogP contribution in [0, 0.1) is 0 Å². The van der Waals surface area contributed by atoms with E-state index in [0.29, 0.717) is 22.9 Å². The van der Waals surface area contributed by atoms with Crippen molar-refractivity contribution >= 4 is 35.1 Å². The fraction of sp³-hybridized carbons (Fsp3) is 0.538. The Balaban J connectivity index is 2.73. The van der Waals surface area contributed by atoms with E-state index < -0.39 is 0 Å². The highest BCUT2D eigenvalue weighted by Crippen LogP contribution is 2.20. The summed E-state index contributed by atoms with van der Waals surface area (Å²) in [6.07, 6.45) is 4.59. The fourth-order valence-corrected chi connectivity index (χ4v) is 2.17. The minimum atomic E-state index is -0.0505. The quantitative estimate of drug-likeness (QED) is 0.841. The number of rotatable bonds is 7. The van der Waals surface area contributed by atoms with Crippen molar-refractivity contribution in [1.82, 2.24) is 9.88 Å². The standard InChI is InChI=1S/C13H20ClN3OS/c1-4-5-15-12-11(14)8-10(9-16-12)13(18)17(2)6-7-19-3/h8-9H,4-7H2,1-3H3,(H,15,16). The van der Waals surface area contributed by atoms with Crippen molar-refractivity contribution in [3.8, 4) is 0 Å². The average molecular weight is 302 g/mol. The minimum Gasteiger partial charge on any atom is -0.369 e. The van der Waals surface area contributed by atoms with Crippen LogP contribution in [-0.2, 0) is 0 Å². The smallest absolute Gasteiger partial charge is 0.255 e. The number of amides is 1. The van der Waals surface area contributed by atoms with Crippen molar-refractivity contribution in [2.75, 3.05) is 37.5 Å². The van der Waals surface area contributed by atoms with Crippen molar-refractivity contribution in [3.63, 3.8) is 0 Å². The molecule has 0 radical (unpaired) electrons. The van der Waals surface area contributed by atoms with Crippen molar-refractivity contribution < 1.29 is 4.79 Å². The summed E-state index contributed by atoms with van der Waals surface area (Å²) in [5, 5.41) is 3.60. The molecule has 4 nitrogen and oxygen atoms in total. The molecule has 0 saturated heterocycles. The van der Waals surface area contributed by atoms with Gasteiger partial charge in [-0.25, -0.2) is 4.98 Å². The largest absolute Gasteiger partial charge is 0.369 e. The summed E-state index contributed by atoms with van der Waals surface area (Å²) in [6, 6.07) is 1.67. The summed E-state index contributed by atoms with van der Waals surface area (Å²) < 4.78 is 0. The number of nitrogens with zero attached hydrogens (tertiary/aromatic N) is 2. The minimum absolute atomic E-state index is 0.0505. The number of aromatic nitrogens is 1. The first-order valence-corrected chi connectivity index (χ1v) is 8.01. The third-order valence-electron chi connectivity index (χ3n) is 2.61. The van der Waals surface area contributed by atoms with Crippen molar-refractivity contribution in [2.45, 2.75) is 13.3 Å². The van der Waals surface area contributed by atoms with Crippen LogP contribution in [0.4, 0.5) is 5.82 Å². The van der Waals surface area contributed by atoms with Crippen molar-refractivity contribution in [2.24, 2.45) is 0 Å². The Labute approximate surface area is 123 Å². The van der Waals surface area contributed by atoms with E-state index in [2.05, 4.69) is 17.2 Å². The van der Waals surface area contributed by atoms with Gasteiger partial charge in [-0.1, -0.05) is 18.5 Å². The maximum Gasteiger partial charge on any atom is 0.255 e. The van der Waals surface area contributed by atoms with Crippen LogP contribution in [0.5, 0.6) is 0 Å².